The molecule has 0 unspecified atom stereocenters. The van der Waals surface area contributed by atoms with Crippen molar-refractivity contribution in [1.29, 1.82) is 0 Å². The lowest BCUT2D eigenvalue weighted by atomic mass is 10.1. The Morgan fingerprint density at radius 3 is 2.60 bits per heavy atom. The third-order valence-electron chi connectivity index (χ3n) is 4.26. The highest BCUT2D eigenvalue weighted by Crippen LogP contribution is 2.21. The number of ether oxygens (including phenoxy) is 2. The van der Waals surface area contributed by atoms with E-state index in [1.165, 1.54) is 0 Å². The van der Waals surface area contributed by atoms with Crippen molar-refractivity contribution in [2.45, 2.75) is 13.2 Å². The van der Waals surface area contributed by atoms with Crippen molar-refractivity contribution in [2.75, 3.05) is 5.32 Å². The minimum Gasteiger partial charge on any atom is -0.467 e. The summed E-state index contributed by atoms with van der Waals surface area (Å²) in [6, 6.07) is 21.8. The molecule has 4 aromatic rings. The molecule has 0 aliphatic carbocycles. The van der Waals surface area contributed by atoms with Gasteiger partial charge in [-0.15, -0.1) is 0 Å². The third-order valence-corrected chi connectivity index (χ3v) is 4.26. The molecule has 6 heteroatoms. The molecule has 0 saturated carbocycles. The van der Waals surface area contributed by atoms with Crippen LogP contribution in [0.4, 0.5) is 5.69 Å². The molecule has 6 nitrogen and oxygen atoms in total. The average Bonchev–Trinajstić information content (AvgIpc) is 3.29. The monoisotopic (exact) mass is 400 g/mol. The summed E-state index contributed by atoms with van der Waals surface area (Å²) in [6.45, 7) is 0.821. The van der Waals surface area contributed by atoms with E-state index in [9.17, 15) is 4.79 Å². The highest BCUT2D eigenvalue weighted by atomic mass is 16.5. The molecule has 0 saturated heterocycles. The van der Waals surface area contributed by atoms with E-state index in [0.717, 1.165) is 11.3 Å². The van der Waals surface area contributed by atoms with Gasteiger partial charge in [-0.1, -0.05) is 12.1 Å². The van der Waals surface area contributed by atoms with E-state index in [-0.39, 0.29) is 5.91 Å². The number of nitrogens with one attached hydrogen (secondary N) is 1. The first-order chi connectivity index (χ1) is 14.8. The Morgan fingerprint density at radius 1 is 0.933 bits per heavy atom. The summed E-state index contributed by atoms with van der Waals surface area (Å²) in [7, 11) is 0. The predicted octanol–water partition coefficient (Wildman–Crippen LogP) is 5.44. The van der Waals surface area contributed by atoms with E-state index >= 15 is 0 Å². The number of amides is 1. The van der Waals surface area contributed by atoms with Crippen LogP contribution < -0.4 is 10.1 Å². The van der Waals surface area contributed by atoms with Crippen LogP contribution >= 0.6 is 0 Å². The average molecular weight is 400 g/mol. The van der Waals surface area contributed by atoms with Crippen LogP contribution in [0.5, 0.6) is 11.5 Å². The Kier molecular flexibility index (Phi) is 6.17. The smallest absolute Gasteiger partial charge is 0.255 e. The second kappa shape index (κ2) is 9.54. The van der Waals surface area contributed by atoms with E-state index in [0.29, 0.717) is 36.0 Å². The molecule has 0 bridgehead atoms. The first-order valence-corrected chi connectivity index (χ1v) is 9.45. The zero-order chi connectivity index (χ0) is 20.6. The highest BCUT2D eigenvalue weighted by Gasteiger charge is 2.08. The van der Waals surface area contributed by atoms with Gasteiger partial charge in [0.1, 0.15) is 23.9 Å². The van der Waals surface area contributed by atoms with Crippen LogP contribution in [0.1, 0.15) is 21.7 Å². The first-order valence-electron chi connectivity index (χ1n) is 9.45. The van der Waals surface area contributed by atoms with E-state index in [4.69, 9.17) is 13.9 Å². The molecule has 0 aliphatic rings. The van der Waals surface area contributed by atoms with Crippen molar-refractivity contribution < 1.29 is 18.7 Å². The van der Waals surface area contributed by atoms with Gasteiger partial charge in [0.2, 0.25) is 0 Å². The summed E-state index contributed by atoms with van der Waals surface area (Å²) >= 11 is 0. The van der Waals surface area contributed by atoms with Crippen molar-refractivity contribution in [3.8, 4) is 11.5 Å². The van der Waals surface area contributed by atoms with Crippen molar-refractivity contribution >= 4 is 11.6 Å². The van der Waals surface area contributed by atoms with Crippen LogP contribution in [0.15, 0.2) is 95.9 Å². The van der Waals surface area contributed by atoms with Gasteiger partial charge in [0.15, 0.2) is 0 Å². The van der Waals surface area contributed by atoms with Crippen LogP contribution in [-0.4, -0.2) is 10.9 Å². The summed E-state index contributed by atoms with van der Waals surface area (Å²) in [5.41, 5.74) is 2.20. The Hall–Kier alpha value is -3.90. The Morgan fingerprint density at radius 2 is 1.83 bits per heavy atom. The molecule has 0 fully saturated rings. The topological polar surface area (TPSA) is 73.6 Å². The molecular formula is C24H20N2O4. The van der Waals surface area contributed by atoms with E-state index < -0.39 is 0 Å². The number of furan rings is 1. The normalized spacial score (nSPS) is 10.5. The van der Waals surface area contributed by atoms with Gasteiger partial charge in [-0.2, -0.15) is 0 Å². The summed E-state index contributed by atoms with van der Waals surface area (Å²) in [5.74, 6) is 1.85. The SMILES string of the molecule is O=C(Nc1cccc(COCc2ccco2)c1)c1ccc(Oc2cccnc2)cc1. The lowest BCUT2D eigenvalue weighted by molar-refractivity contribution is 0.0929. The maximum atomic E-state index is 12.6. The van der Waals surface area contributed by atoms with Crippen LogP contribution in [0.3, 0.4) is 0 Å². The van der Waals surface area contributed by atoms with Crippen molar-refractivity contribution in [1.82, 2.24) is 4.98 Å². The molecule has 150 valence electrons. The number of hydrogen-bond donors (Lipinski definition) is 1. The minimum atomic E-state index is -0.198. The highest BCUT2D eigenvalue weighted by molar-refractivity contribution is 6.04. The van der Waals surface area contributed by atoms with E-state index in [1.54, 1.807) is 49.0 Å². The number of nitrogens with zero attached hydrogens (tertiary/aromatic N) is 1. The summed E-state index contributed by atoms with van der Waals surface area (Å²) < 4.78 is 16.6. The zero-order valence-corrected chi connectivity index (χ0v) is 16.2. The van der Waals surface area contributed by atoms with Crippen molar-refractivity contribution in [2.24, 2.45) is 0 Å². The molecule has 0 atom stereocenters. The van der Waals surface area contributed by atoms with Crippen LogP contribution in [-0.2, 0) is 18.0 Å². The molecule has 0 aliphatic heterocycles. The number of hydrogen-bond acceptors (Lipinski definition) is 5. The summed E-state index contributed by atoms with van der Waals surface area (Å²) in [5, 5.41) is 2.91. The zero-order valence-electron chi connectivity index (χ0n) is 16.2. The van der Waals surface area contributed by atoms with Crippen LogP contribution in [0.25, 0.3) is 0 Å². The maximum Gasteiger partial charge on any atom is 0.255 e. The van der Waals surface area contributed by atoms with Gasteiger partial charge in [0.05, 0.1) is 19.1 Å². The van der Waals surface area contributed by atoms with Crippen molar-refractivity contribution in [3.05, 3.63) is 108 Å². The first kappa shape index (κ1) is 19.4. The third kappa shape index (κ3) is 5.33. The predicted molar refractivity (Wildman–Crippen MR) is 112 cm³/mol. The van der Waals surface area contributed by atoms with E-state index in [2.05, 4.69) is 10.3 Å². The molecular weight excluding hydrogens is 380 g/mol. The number of benzene rings is 2. The molecule has 2 aromatic heterocycles. The number of rotatable bonds is 8. The minimum absolute atomic E-state index is 0.198. The fraction of sp³-hybridized carbons (Fsp3) is 0.0833. The molecule has 2 aromatic carbocycles. The van der Waals surface area contributed by atoms with E-state index in [1.807, 2.05) is 42.5 Å². The van der Waals surface area contributed by atoms with Crippen molar-refractivity contribution in [3.63, 3.8) is 0 Å². The molecule has 2 heterocycles. The molecule has 0 spiro atoms. The molecule has 1 amide bonds. The molecule has 1 N–H and O–H groups in total. The number of anilines is 1. The fourth-order valence-electron chi connectivity index (χ4n) is 2.82. The Bertz CT molecular complexity index is 1080. The summed E-state index contributed by atoms with van der Waals surface area (Å²) in [6.07, 6.45) is 4.93. The lowest BCUT2D eigenvalue weighted by Gasteiger charge is -2.09. The maximum absolute atomic E-state index is 12.6. The van der Waals surface area contributed by atoms with Gasteiger partial charge in [-0.05, 0) is 66.2 Å². The standard InChI is InChI=1S/C24H20N2O4/c27-24(19-8-10-21(11-9-19)30-22-6-2-12-25-15-22)26-20-5-1-4-18(14-20)16-28-17-23-7-3-13-29-23/h1-15H,16-17H2,(H,26,27). The quantitative estimate of drug-likeness (QED) is 0.427. The second-order valence-electron chi connectivity index (χ2n) is 6.54. The fourth-order valence-corrected chi connectivity index (χ4v) is 2.82. The van der Waals surface area contributed by atoms with Gasteiger partial charge < -0.3 is 19.2 Å². The number of carbonyl (C=O) groups is 1. The van der Waals surface area contributed by atoms with Gasteiger partial charge in [0, 0.05) is 17.4 Å². The van der Waals surface area contributed by atoms with Crippen LogP contribution in [0.2, 0.25) is 0 Å². The number of carbonyl (C=O) groups excluding carboxylic acids is 1. The summed E-state index contributed by atoms with van der Waals surface area (Å²) in [4.78, 5) is 16.6. The number of pyridine rings is 1. The Labute approximate surface area is 174 Å². The molecule has 30 heavy (non-hydrogen) atoms. The number of aromatic nitrogens is 1. The van der Waals surface area contributed by atoms with Crippen LogP contribution in [0, 0.1) is 0 Å². The van der Waals surface area contributed by atoms with Gasteiger partial charge >= 0.3 is 0 Å². The van der Waals surface area contributed by atoms with Gasteiger partial charge in [-0.3, -0.25) is 9.78 Å². The van der Waals surface area contributed by atoms with Gasteiger partial charge in [0.25, 0.3) is 5.91 Å². The van der Waals surface area contributed by atoms with Gasteiger partial charge in [-0.25, -0.2) is 0 Å². The molecule has 0 radical (unpaired) electrons. The second-order valence-corrected chi connectivity index (χ2v) is 6.54. The lowest BCUT2D eigenvalue weighted by Crippen LogP contribution is -2.11. The Balaban J connectivity index is 1.33. The molecule has 4 rings (SSSR count). The largest absolute Gasteiger partial charge is 0.467 e.